The Morgan fingerprint density at radius 3 is 2.70 bits per heavy atom. The molecule has 2 atom stereocenters. The van der Waals surface area contributed by atoms with Gasteiger partial charge in [-0.2, -0.15) is 5.10 Å². The predicted molar refractivity (Wildman–Crippen MR) is 75.2 cm³/mol. The van der Waals surface area contributed by atoms with Gasteiger partial charge in [0.2, 0.25) is 0 Å². The standard InChI is InChI=1S/C14H22N4O2/c1-2-3-11-12(15)13(17-16-11)14(20)18-8-4-5-9(18)7-10(19)6-8/h8-10,19H,2-7,15H2,1H3,(H,16,17). The Labute approximate surface area is 118 Å². The summed E-state index contributed by atoms with van der Waals surface area (Å²) in [5.74, 6) is -0.0829. The average molecular weight is 278 g/mol. The molecule has 2 bridgehead atoms. The summed E-state index contributed by atoms with van der Waals surface area (Å²) >= 11 is 0. The van der Waals surface area contributed by atoms with Gasteiger partial charge in [-0.3, -0.25) is 9.89 Å². The molecule has 6 nitrogen and oxygen atoms in total. The second-order valence-corrected chi connectivity index (χ2v) is 5.94. The van der Waals surface area contributed by atoms with Gasteiger partial charge in [-0.25, -0.2) is 0 Å². The molecule has 3 heterocycles. The van der Waals surface area contributed by atoms with Crippen LogP contribution in [0.25, 0.3) is 0 Å². The number of nitrogens with zero attached hydrogens (tertiary/aromatic N) is 2. The smallest absolute Gasteiger partial charge is 0.277 e. The Morgan fingerprint density at radius 1 is 1.45 bits per heavy atom. The minimum absolute atomic E-state index is 0.0829. The number of aromatic amines is 1. The highest BCUT2D eigenvalue weighted by molar-refractivity contribution is 5.98. The van der Waals surface area contributed by atoms with Gasteiger partial charge in [0.05, 0.1) is 17.5 Å². The normalized spacial score (nSPS) is 28.9. The number of H-pyrrole nitrogens is 1. The summed E-state index contributed by atoms with van der Waals surface area (Å²) in [4.78, 5) is 14.6. The molecule has 110 valence electrons. The van der Waals surface area contributed by atoms with Gasteiger partial charge in [-0.05, 0) is 32.1 Å². The number of fused-ring (bicyclic) bond motifs is 2. The lowest BCUT2D eigenvalue weighted by molar-refractivity contribution is 0.0283. The molecule has 2 saturated heterocycles. The molecular weight excluding hydrogens is 256 g/mol. The maximum absolute atomic E-state index is 12.7. The summed E-state index contributed by atoms with van der Waals surface area (Å²) in [6.07, 6.45) is 4.78. The van der Waals surface area contributed by atoms with Gasteiger partial charge in [-0.15, -0.1) is 0 Å². The molecule has 2 fully saturated rings. The zero-order valence-corrected chi connectivity index (χ0v) is 11.8. The van der Waals surface area contributed by atoms with E-state index in [9.17, 15) is 9.90 Å². The van der Waals surface area contributed by atoms with Crippen LogP contribution in [0.15, 0.2) is 0 Å². The van der Waals surface area contributed by atoms with E-state index in [-0.39, 0.29) is 24.1 Å². The Bertz CT molecular complexity index is 499. The SMILES string of the molecule is CCCc1[nH]nc(C(=O)N2C3CCC2CC(O)C3)c1N. The van der Waals surface area contributed by atoms with Gasteiger partial charge in [0, 0.05) is 12.1 Å². The zero-order valence-electron chi connectivity index (χ0n) is 11.8. The molecule has 0 spiro atoms. The number of aliphatic hydroxyl groups excluding tert-OH is 1. The molecule has 6 heteroatoms. The third-order valence-electron chi connectivity index (χ3n) is 4.53. The average Bonchev–Trinajstić information content (AvgIpc) is 2.89. The summed E-state index contributed by atoms with van der Waals surface area (Å²) in [7, 11) is 0. The fraction of sp³-hybridized carbons (Fsp3) is 0.714. The van der Waals surface area contributed by atoms with Gasteiger partial charge < -0.3 is 15.7 Å². The van der Waals surface area contributed by atoms with Crippen molar-refractivity contribution in [1.82, 2.24) is 15.1 Å². The molecule has 0 radical (unpaired) electrons. The van der Waals surface area contributed by atoms with Crippen LogP contribution in [0.2, 0.25) is 0 Å². The van der Waals surface area contributed by atoms with Crippen LogP contribution in [0.1, 0.15) is 55.2 Å². The molecule has 1 aromatic heterocycles. The van der Waals surface area contributed by atoms with E-state index in [1.165, 1.54) is 0 Å². The molecule has 0 aromatic carbocycles. The van der Waals surface area contributed by atoms with Crippen molar-refractivity contribution in [3.05, 3.63) is 11.4 Å². The van der Waals surface area contributed by atoms with Gasteiger partial charge in [0.15, 0.2) is 5.69 Å². The largest absolute Gasteiger partial charge is 0.395 e. The third-order valence-corrected chi connectivity index (χ3v) is 4.53. The lowest BCUT2D eigenvalue weighted by atomic mass is 9.99. The van der Waals surface area contributed by atoms with Gasteiger partial charge in [-0.1, -0.05) is 13.3 Å². The van der Waals surface area contributed by atoms with Gasteiger partial charge in [0.25, 0.3) is 5.91 Å². The number of aryl methyl sites for hydroxylation is 1. The third kappa shape index (κ3) is 2.08. The number of nitrogens with one attached hydrogen (secondary N) is 1. The molecule has 1 aromatic rings. The highest BCUT2D eigenvalue weighted by Gasteiger charge is 2.44. The van der Waals surface area contributed by atoms with Crippen molar-refractivity contribution in [3.8, 4) is 0 Å². The number of anilines is 1. The summed E-state index contributed by atoms with van der Waals surface area (Å²) in [5, 5.41) is 16.8. The van der Waals surface area contributed by atoms with Crippen LogP contribution in [0.3, 0.4) is 0 Å². The van der Waals surface area contributed by atoms with E-state index in [4.69, 9.17) is 5.73 Å². The van der Waals surface area contributed by atoms with Gasteiger partial charge in [0.1, 0.15) is 0 Å². The Hall–Kier alpha value is -1.56. The molecule has 4 N–H and O–H groups in total. The molecule has 2 unspecified atom stereocenters. The Balaban J connectivity index is 1.83. The Morgan fingerprint density at radius 2 is 2.10 bits per heavy atom. The van der Waals surface area contributed by atoms with Crippen LogP contribution in [-0.4, -0.2) is 44.3 Å². The van der Waals surface area contributed by atoms with E-state index in [2.05, 4.69) is 17.1 Å². The summed E-state index contributed by atoms with van der Waals surface area (Å²) < 4.78 is 0. The van der Waals surface area contributed by atoms with Crippen molar-refractivity contribution >= 4 is 11.6 Å². The number of hydrogen-bond acceptors (Lipinski definition) is 4. The summed E-state index contributed by atoms with van der Waals surface area (Å²) in [6.45, 7) is 2.06. The number of amides is 1. The first kappa shape index (κ1) is 13.4. The van der Waals surface area contributed by atoms with Gasteiger partial charge >= 0.3 is 0 Å². The second-order valence-electron chi connectivity index (χ2n) is 5.94. The van der Waals surface area contributed by atoms with Crippen LogP contribution >= 0.6 is 0 Å². The number of nitrogen functional groups attached to an aromatic ring is 1. The second kappa shape index (κ2) is 5.09. The lowest BCUT2D eigenvalue weighted by Crippen LogP contribution is -2.48. The molecule has 1 amide bonds. The predicted octanol–water partition coefficient (Wildman–Crippen LogP) is 1.07. The van der Waals surface area contributed by atoms with Crippen molar-refractivity contribution in [2.24, 2.45) is 0 Å². The van der Waals surface area contributed by atoms with Crippen LogP contribution < -0.4 is 5.73 Å². The molecule has 3 rings (SSSR count). The minimum atomic E-state index is -0.274. The number of aromatic nitrogens is 2. The first-order valence-electron chi connectivity index (χ1n) is 7.45. The molecular formula is C14H22N4O2. The Kier molecular flexibility index (Phi) is 3.41. The van der Waals surface area contributed by atoms with Crippen molar-refractivity contribution < 1.29 is 9.90 Å². The first-order chi connectivity index (χ1) is 9.61. The number of hydrogen-bond donors (Lipinski definition) is 3. The highest BCUT2D eigenvalue weighted by atomic mass is 16.3. The van der Waals surface area contributed by atoms with E-state index in [1.54, 1.807) is 0 Å². The van der Waals surface area contributed by atoms with Crippen LogP contribution in [0, 0.1) is 0 Å². The van der Waals surface area contributed by atoms with Crippen molar-refractivity contribution in [2.45, 2.75) is 63.6 Å². The van der Waals surface area contributed by atoms with Crippen molar-refractivity contribution in [3.63, 3.8) is 0 Å². The maximum Gasteiger partial charge on any atom is 0.277 e. The number of carbonyl (C=O) groups is 1. The van der Waals surface area contributed by atoms with E-state index in [0.717, 1.165) is 31.4 Å². The molecule has 0 saturated carbocycles. The lowest BCUT2D eigenvalue weighted by Gasteiger charge is -2.36. The van der Waals surface area contributed by atoms with Crippen LogP contribution in [0.4, 0.5) is 5.69 Å². The zero-order chi connectivity index (χ0) is 14.3. The summed E-state index contributed by atoms with van der Waals surface area (Å²) in [6, 6.07) is 0.281. The minimum Gasteiger partial charge on any atom is -0.395 e. The number of rotatable bonds is 3. The number of nitrogens with two attached hydrogens (primary N) is 1. The van der Waals surface area contributed by atoms with Crippen molar-refractivity contribution in [2.75, 3.05) is 5.73 Å². The molecule has 0 aliphatic carbocycles. The van der Waals surface area contributed by atoms with E-state index in [1.807, 2.05) is 4.90 Å². The fourth-order valence-electron chi connectivity index (χ4n) is 3.59. The fourth-order valence-corrected chi connectivity index (χ4v) is 3.59. The molecule has 2 aliphatic rings. The first-order valence-corrected chi connectivity index (χ1v) is 7.45. The van der Waals surface area contributed by atoms with Crippen molar-refractivity contribution in [1.29, 1.82) is 0 Å². The number of carbonyl (C=O) groups excluding carboxylic acids is 1. The monoisotopic (exact) mass is 278 g/mol. The molecule has 20 heavy (non-hydrogen) atoms. The quantitative estimate of drug-likeness (QED) is 0.770. The topological polar surface area (TPSA) is 95.2 Å². The van der Waals surface area contributed by atoms with Crippen LogP contribution in [0.5, 0.6) is 0 Å². The van der Waals surface area contributed by atoms with E-state index < -0.39 is 0 Å². The molecule has 2 aliphatic heterocycles. The maximum atomic E-state index is 12.7. The van der Waals surface area contributed by atoms with E-state index in [0.29, 0.717) is 24.2 Å². The summed E-state index contributed by atoms with van der Waals surface area (Å²) in [5.41, 5.74) is 7.73. The van der Waals surface area contributed by atoms with Crippen LogP contribution in [-0.2, 0) is 6.42 Å². The van der Waals surface area contributed by atoms with E-state index >= 15 is 0 Å². The highest BCUT2D eigenvalue weighted by Crippen LogP contribution is 2.37. The number of aliphatic hydroxyl groups is 1. The number of piperidine rings is 1.